The van der Waals surface area contributed by atoms with Gasteiger partial charge in [-0.05, 0) is 37.7 Å². The molecule has 1 N–H and O–H groups in total. The van der Waals surface area contributed by atoms with E-state index < -0.39 is 0 Å². The number of aromatic hydroxyl groups is 1. The van der Waals surface area contributed by atoms with Crippen molar-refractivity contribution < 1.29 is 5.11 Å². The Hall–Kier alpha value is -2.40. The average molecular weight is 377 g/mol. The second-order valence-corrected chi connectivity index (χ2v) is 8.31. The number of allylic oxidation sites excluding steroid dienone is 1. The molecule has 0 spiro atoms. The molecule has 0 unspecified atom stereocenters. The van der Waals surface area contributed by atoms with Crippen molar-refractivity contribution in [1.82, 2.24) is 14.9 Å². The van der Waals surface area contributed by atoms with E-state index in [1.165, 1.54) is 30.5 Å². The number of nitrogens with zero attached hydrogens (tertiary/aromatic N) is 4. The van der Waals surface area contributed by atoms with Crippen LogP contribution in [0, 0.1) is 0 Å². The number of phenols is 1. The smallest absolute Gasteiger partial charge is 0.225 e. The predicted octanol–water partition coefficient (Wildman–Crippen LogP) is 3.77. The topological polar surface area (TPSA) is 52.5 Å². The molecule has 2 fully saturated rings. The first kappa shape index (κ1) is 17.7. The molecule has 0 amide bonds. The zero-order valence-corrected chi connectivity index (χ0v) is 16.3. The second kappa shape index (κ2) is 7.21. The highest BCUT2D eigenvalue weighted by atomic mass is 16.3. The van der Waals surface area contributed by atoms with E-state index in [1.54, 1.807) is 0 Å². The number of anilines is 1. The Morgan fingerprint density at radius 2 is 2.00 bits per heavy atom. The molecule has 2 bridgehead atoms. The van der Waals surface area contributed by atoms with Crippen LogP contribution in [0.4, 0.5) is 5.95 Å². The minimum Gasteiger partial charge on any atom is -0.507 e. The number of benzene rings is 1. The first-order chi connectivity index (χ1) is 13.7. The maximum Gasteiger partial charge on any atom is 0.225 e. The van der Waals surface area contributed by atoms with Gasteiger partial charge in [0.2, 0.25) is 5.95 Å². The van der Waals surface area contributed by atoms with E-state index in [1.807, 2.05) is 24.3 Å². The number of aromatic nitrogens is 2. The molecular formula is C23H28N4O. The number of para-hydroxylation sites is 1. The fourth-order valence-electron chi connectivity index (χ4n) is 5.17. The van der Waals surface area contributed by atoms with Gasteiger partial charge in [-0.2, -0.15) is 0 Å². The van der Waals surface area contributed by atoms with Crippen LogP contribution in [-0.2, 0) is 19.4 Å². The van der Waals surface area contributed by atoms with Crippen molar-refractivity contribution in [1.29, 1.82) is 0 Å². The lowest BCUT2D eigenvalue weighted by molar-refractivity contribution is 0.164. The molecule has 1 aromatic carbocycles. The monoisotopic (exact) mass is 376 g/mol. The summed E-state index contributed by atoms with van der Waals surface area (Å²) < 4.78 is 0. The molecule has 0 aliphatic carbocycles. The highest BCUT2D eigenvalue weighted by Gasteiger charge is 2.41. The van der Waals surface area contributed by atoms with Crippen LogP contribution in [0.1, 0.15) is 54.1 Å². The van der Waals surface area contributed by atoms with Crippen molar-refractivity contribution in [2.75, 3.05) is 18.0 Å². The van der Waals surface area contributed by atoms with Gasteiger partial charge < -0.3 is 10.0 Å². The Bertz CT molecular complexity index is 890. The van der Waals surface area contributed by atoms with Gasteiger partial charge in [-0.25, -0.2) is 9.97 Å². The summed E-state index contributed by atoms with van der Waals surface area (Å²) >= 11 is 0. The molecule has 2 aromatic rings. The highest BCUT2D eigenvalue weighted by molar-refractivity contribution is 5.42. The normalized spacial score (nSPS) is 23.8. The number of hydrogen-bond donors (Lipinski definition) is 1. The summed E-state index contributed by atoms with van der Waals surface area (Å²) in [7, 11) is 0. The Kier molecular flexibility index (Phi) is 4.55. The van der Waals surface area contributed by atoms with Crippen molar-refractivity contribution in [3.63, 3.8) is 0 Å². The fourth-order valence-corrected chi connectivity index (χ4v) is 5.17. The zero-order valence-electron chi connectivity index (χ0n) is 16.3. The van der Waals surface area contributed by atoms with Crippen LogP contribution in [0.2, 0.25) is 0 Å². The van der Waals surface area contributed by atoms with Gasteiger partial charge in [0.15, 0.2) is 0 Å². The van der Waals surface area contributed by atoms with Gasteiger partial charge in [0.25, 0.3) is 0 Å². The van der Waals surface area contributed by atoms with E-state index in [0.717, 1.165) is 49.6 Å². The third-order valence-electron chi connectivity index (χ3n) is 6.63. The van der Waals surface area contributed by atoms with E-state index in [4.69, 9.17) is 9.97 Å². The molecule has 3 aliphatic heterocycles. The summed E-state index contributed by atoms with van der Waals surface area (Å²) in [6, 6.07) is 6.93. The largest absolute Gasteiger partial charge is 0.507 e. The molecule has 0 saturated carbocycles. The molecule has 146 valence electrons. The molecule has 3 aliphatic rings. The molecule has 4 heterocycles. The zero-order chi connectivity index (χ0) is 19.1. The summed E-state index contributed by atoms with van der Waals surface area (Å²) in [6.07, 6.45) is 10.4. The summed E-state index contributed by atoms with van der Waals surface area (Å²) in [4.78, 5) is 14.5. The van der Waals surface area contributed by atoms with Crippen LogP contribution in [0.5, 0.6) is 5.75 Å². The van der Waals surface area contributed by atoms with Crippen LogP contribution >= 0.6 is 0 Å². The van der Waals surface area contributed by atoms with Gasteiger partial charge >= 0.3 is 0 Å². The maximum absolute atomic E-state index is 10.7. The number of fused-ring (bicyclic) bond motifs is 4. The Labute approximate surface area is 166 Å². The van der Waals surface area contributed by atoms with Crippen molar-refractivity contribution >= 4 is 5.95 Å². The van der Waals surface area contributed by atoms with E-state index in [-0.39, 0.29) is 0 Å². The van der Waals surface area contributed by atoms with Gasteiger partial charge in [0, 0.05) is 55.5 Å². The summed E-state index contributed by atoms with van der Waals surface area (Å²) in [5.41, 5.74) is 4.49. The molecule has 28 heavy (non-hydrogen) atoms. The maximum atomic E-state index is 10.7. The lowest BCUT2D eigenvalue weighted by Crippen LogP contribution is -2.38. The standard InChI is InChI=1S/C23H28N4O/c1-2-6-16-7-5-8-17(22(16)28)15-27-18-9-10-21(27)19-14-24-23(25-20(19)13-18)26-11-3-4-12-26/h2,5,7-8,14,18,21,28H,1,3-4,6,9-13,15H2/t18-,21-/m0/s1. The van der Waals surface area contributed by atoms with Crippen molar-refractivity contribution in [3.8, 4) is 5.75 Å². The molecule has 2 atom stereocenters. The lowest BCUT2D eigenvalue weighted by atomic mass is 9.97. The van der Waals surface area contributed by atoms with E-state index in [0.29, 0.717) is 24.3 Å². The summed E-state index contributed by atoms with van der Waals surface area (Å²) in [5, 5.41) is 10.7. The third-order valence-corrected chi connectivity index (χ3v) is 6.63. The van der Waals surface area contributed by atoms with E-state index in [9.17, 15) is 5.11 Å². The van der Waals surface area contributed by atoms with Gasteiger partial charge in [-0.1, -0.05) is 24.3 Å². The minimum absolute atomic E-state index is 0.365. The average Bonchev–Trinajstić information content (AvgIpc) is 3.33. The lowest BCUT2D eigenvalue weighted by Gasteiger charge is -2.36. The number of phenolic OH excluding ortho intramolecular Hbond substituents is 1. The van der Waals surface area contributed by atoms with Crippen LogP contribution < -0.4 is 4.90 Å². The first-order valence-electron chi connectivity index (χ1n) is 10.5. The van der Waals surface area contributed by atoms with Gasteiger partial charge in [-0.15, -0.1) is 6.58 Å². The van der Waals surface area contributed by atoms with E-state index in [2.05, 4.69) is 22.6 Å². The Morgan fingerprint density at radius 1 is 1.18 bits per heavy atom. The predicted molar refractivity (Wildman–Crippen MR) is 110 cm³/mol. The molecule has 5 heteroatoms. The minimum atomic E-state index is 0.365. The Balaban J connectivity index is 1.41. The van der Waals surface area contributed by atoms with Crippen molar-refractivity contribution in [3.05, 3.63) is 59.4 Å². The van der Waals surface area contributed by atoms with E-state index >= 15 is 0 Å². The molecule has 5 nitrogen and oxygen atoms in total. The Morgan fingerprint density at radius 3 is 2.82 bits per heavy atom. The highest BCUT2D eigenvalue weighted by Crippen LogP contribution is 2.44. The van der Waals surface area contributed by atoms with Crippen LogP contribution in [-0.4, -0.2) is 39.1 Å². The third kappa shape index (κ3) is 2.98. The number of rotatable bonds is 5. The van der Waals surface area contributed by atoms with Gasteiger partial charge in [-0.3, -0.25) is 4.90 Å². The molecule has 2 saturated heterocycles. The quantitative estimate of drug-likeness (QED) is 0.805. The number of hydrogen-bond acceptors (Lipinski definition) is 5. The molecule has 0 radical (unpaired) electrons. The SMILES string of the molecule is C=CCc1cccc(CN2[C@H]3CC[C@H]2c2cnc(N4CCCC4)nc2C3)c1O. The van der Waals surface area contributed by atoms with Crippen molar-refractivity contribution in [2.24, 2.45) is 0 Å². The van der Waals surface area contributed by atoms with Gasteiger partial charge in [0.05, 0.1) is 5.69 Å². The fraction of sp³-hybridized carbons (Fsp3) is 0.478. The van der Waals surface area contributed by atoms with Crippen molar-refractivity contribution in [2.45, 2.75) is 57.2 Å². The first-order valence-corrected chi connectivity index (χ1v) is 10.5. The molecular weight excluding hydrogens is 348 g/mol. The summed E-state index contributed by atoms with van der Waals surface area (Å²) in [5.74, 6) is 1.34. The second-order valence-electron chi connectivity index (χ2n) is 8.31. The summed E-state index contributed by atoms with van der Waals surface area (Å²) in [6.45, 7) is 6.74. The molecule has 1 aromatic heterocycles. The van der Waals surface area contributed by atoms with Crippen LogP contribution in [0.25, 0.3) is 0 Å². The molecule has 5 rings (SSSR count). The van der Waals surface area contributed by atoms with Gasteiger partial charge in [0.1, 0.15) is 5.75 Å². The van der Waals surface area contributed by atoms with Crippen LogP contribution in [0.15, 0.2) is 37.1 Å². The van der Waals surface area contributed by atoms with Crippen LogP contribution in [0.3, 0.4) is 0 Å².